The van der Waals surface area contributed by atoms with E-state index in [1.54, 1.807) is 0 Å². The predicted molar refractivity (Wildman–Crippen MR) is 70.9 cm³/mol. The van der Waals surface area contributed by atoms with Crippen LogP contribution in [0.2, 0.25) is 0 Å². The van der Waals surface area contributed by atoms with Gasteiger partial charge in [-0.2, -0.15) is 0 Å². The third-order valence-corrected chi connectivity index (χ3v) is 2.71. The van der Waals surface area contributed by atoms with Gasteiger partial charge in [-0.3, -0.25) is 4.79 Å². The van der Waals surface area contributed by atoms with Gasteiger partial charge in [0.2, 0.25) is 0 Å². The topological polar surface area (TPSA) is 29.1 Å². The predicted octanol–water partition coefficient (Wildman–Crippen LogP) is 2.84. The van der Waals surface area contributed by atoms with Gasteiger partial charge in [0.25, 0.3) is 5.91 Å². The van der Waals surface area contributed by atoms with Crippen molar-refractivity contribution in [3.8, 4) is 12.3 Å². The van der Waals surface area contributed by atoms with Crippen LogP contribution in [-0.2, 0) is 0 Å². The van der Waals surface area contributed by atoms with Crippen molar-refractivity contribution in [1.82, 2.24) is 5.32 Å². The molecule has 1 aromatic rings. The molecule has 0 aromatic heterocycles. The molecule has 0 heterocycles. The lowest BCUT2D eigenvalue weighted by Crippen LogP contribution is -2.34. The van der Waals surface area contributed by atoms with Crippen LogP contribution < -0.4 is 5.32 Å². The van der Waals surface area contributed by atoms with Crippen molar-refractivity contribution in [2.45, 2.75) is 39.7 Å². The Morgan fingerprint density at radius 2 is 2.18 bits per heavy atom. The molecule has 1 N–H and O–H groups in total. The van der Waals surface area contributed by atoms with Crippen LogP contribution in [0, 0.1) is 26.2 Å². The van der Waals surface area contributed by atoms with E-state index >= 15 is 0 Å². The fourth-order valence-corrected chi connectivity index (χ4v) is 1.79. The second kappa shape index (κ2) is 6.10. The molecule has 0 bridgehead atoms. The number of terminal acetylenes is 1. The van der Waals surface area contributed by atoms with Crippen LogP contribution in [0.4, 0.5) is 0 Å². The van der Waals surface area contributed by atoms with Gasteiger partial charge in [0.15, 0.2) is 0 Å². The second-order valence-corrected chi connectivity index (χ2v) is 4.30. The Morgan fingerprint density at radius 1 is 1.47 bits per heavy atom. The van der Waals surface area contributed by atoms with Gasteiger partial charge in [-0.05, 0) is 31.9 Å². The molecule has 1 unspecified atom stereocenters. The van der Waals surface area contributed by atoms with Crippen molar-refractivity contribution >= 4 is 5.91 Å². The van der Waals surface area contributed by atoms with E-state index in [2.05, 4.69) is 11.2 Å². The summed E-state index contributed by atoms with van der Waals surface area (Å²) >= 11 is 0. The summed E-state index contributed by atoms with van der Waals surface area (Å²) in [5, 5.41) is 2.87. The minimum absolute atomic E-state index is 0.0844. The fraction of sp³-hybridized carbons (Fsp3) is 0.400. The SMILES string of the molecule is C#CC(CCC)NC(=O)c1ccc(C)cc1C. The summed E-state index contributed by atoms with van der Waals surface area (Å²) in [6, 6.07) is 5.61. The summed E-state index contributed by atoms with van der Waals surface area (Å²) in [5.74, 6) is 2.52. The molecular formula is C15H19NO. The van der Waals surface area contributed by atoms with Gasteiger partial charge in [-0.15, -0.1) is 6.42 Å². The maximum Gasteiger partial charge on any atom is 0.252 e. The van der Waals surface area contributed by atoms with E-state index in [1.807, 2.05) is 39.0 Å². The molecule has 0 fully saturated rings. The summed E-state index contributed by atoms with van der Waals surface area (Å²) < 4.78 is 0. The lowest BCUT2D eigenvalue weighted by molar-refractivity contribution is 0.0943. The first-order valence-electron chi connectivity index (χ1n) is 5.92. The first-order chi connectivity index (χ1) is 8.08. The zero-order chi connectivity index (χ0) is 12.8. The van der Waals surface area contributed by atoms with E-state index in [1.165, 1.54) is 0 Å². The Balaban J connectivity index is 2.79. The Labute approximate surface area is 103 Å². The Bertz CT molecular complexity index is 443. The molecule has 0 saturated heterocycles. The van der Waals surface area contributed by atoms with E-state index in [-0.39, 0.29) is 11.9 Å². The summed E-state index contributed by atoms with van der Waals surface area (Å²) in [4.78, 5) is 12.0. The lowest BCUT2D eigenvalue weighted by atomic mass is 10.0. The molecule has 0 saturated carbocycles. The number of nitrogens with one attached hydrogen (secondary N) is 1. The number of hydrogen-bond acceptors (Lipinski definition) is 1. The Morgan fingerprint density at radius 3 is 2.71 bits per heavy atom. The quantitative estimate of drug-likeness (QED) is 0.790. The van der Waals surface area contributed by atoms with Gasteiger partial charge >= 0.3 is 0 Å². The fourth-order valence-electron chi connectivity index (χ4n) is 1.79. The molecule has 0 aliphatic heterocycles. The van der Waals surface area contributed by atoms with E-state index in [0.717, 1.165) is 24.0 Å². The minimum Gasteiger partial charge on any atom is -0.338 e. The zero-order valence-corrected chi connectivity index (χ0v) is 10.7. The summed E-state index contributed by atoms with van der Waals surface area (Å²) in [5.41, 5.74) is 2.84. The first-order valence-corrected chi connectivity index (χ1v) is 5.92. The van der Waals surface area contributed by atoms with E-state index < -0.39 is 0 Å². The Kier molecular flexibility index (Phi) is 4.78. The highest BCUT2D eigenvalue weighted by Gasteiger charge is 2.12. The first kappa shape index (κ1) is 13.3. The lowest BCUT2D eigenvalue weighted by Gasteiger charge is -2.13. The number of aryl methyl sites for hydroxylation is 2. The molecule has 0 aliphatic carbocycles. The number of amides is 1. The van der Waals surface area contributed by atoms with Crippen molar-refractivity contribution in [3.05, 3.63) is 34.9 Å². The maximum atomic E-state index is 12.0. The van der Waals surface area contributed by atoms with Gasteiger partial charge in [0, 0.05) is 5.56 Å². The van der Waals surface area contributed by atoms with Crippen LogP contribution >= 0.6 is 0 Å². The third kappa shape index (κ3) is 3.64. The molecule has 1 aromatic carbocycles. The van der Waals surface area contributed by atoms with Crippen molar-refractivity contribution < 1.29 is 4.79 Å². The van der Waals surface area contributed by atoms with Crippen LogP contribution in [0.15, 0.2) is 18.2 Å². The highest BCUT2D eigenvalue weighted by atomic mass is 16.1. The van der Waals surface area contributed by atoms with E-state index in [9.17, 15) is 4.79 Å². The third-order valence-electron chi connectivity index (χ3n) is 2.71. The van der Waals surface area contributed by atoms with Crippen LogP contribution in [0.3, 0.4) is 0 Å². The molecule has 2 heteroatoms. The largest absolute Gasteiger partial charge is 0.338 e. The molecule has 90 valence electrons. The van der Waals surface area contributed by atoms with Gasteiger partial charge in [0.05, 0.1) is 6.04 Å². The van der Waals surface area contributed by atoms with E-state index in [4.69, 9.17) is 6.42 Å². The average Bonchev–Trinajstić information content (AvgIpc) is 2.28. The number of carbonyl (C=O) groups is 1. The summed E-state index contributed by atoms with van der Waals surface area (Å²) in [6.07, 6.45) is 7.16. The molecule has 0 spiro atoms. The summed E-state index contributed by atoms with van der Waals surface area (Å²) in [6.45, 7) is 6.00. The van der Waals surface area contributed by atoms with Crippen LogP contribution in [0.1, 0.15) is 41.3 Å². The van der Waals surface area contributed by atoms with Gasteiger partial charge < -0.3 is 5.32 Å². The van der Waals surface area contributed by atoms with Crippen molar-refractivity contribution in [1.29, 1.82) is 0 Å². The van der Waals surface area contributed by atoms with Gasteiger partial charge in [0.1, 0.15) is 0 Å². The van der Waals surface area contributed by atoms with Crippen molar-refractivity contribution in [2.75, 3.05) is 0 Å². The van der Waals surface area contributed by atoms with Gasteiger partial charge in [-0.25, -0.2) is 0 Å². The maximum absolute atomic E-state index is 12.0. The molecule has 1 rings (SSSR count). The molecule has 1 amide bonds. The van der Waals surface area contributed by atoms with Crippen molar-refractivity contribution in [3.63, 3.8) is 0 Å². The molecule has 17 heavy (non-hydrogen) atoms. The monoisotopic (exact) mass is 229 g/mol. The summed E-state index contributed by atoms with van der Waals surface area (Å²) in [7, 11) is 0. The molecule has 0 aliphatic rings. The highest BCUT2D eigenvalue weighted by Crippen LogP contribution is 2.11. The zero-order valence-electron chi connectivity index (χ0n) is 10.7. The smallest absolute Gasteiger partial charge is 0.252 e. The molecule has 0 radical (unpaired) electrons. The minimum atomic E-state index is -0.173. The second-order valence-electron chi connectivity index (χ2n) is 4.30. The standard InChI is InChI=1S/C15H19NO/c1-5-7-13(6-2)16-15(17)14-9-8-11(3)10-12(14)4/h2,8-10,13H,5,7H2,1,3-4H3,(H,16,17). The number of carbonyl (C=O) groups excluding carboxylic acids is 1. The number of hydrogen-bond donors (Lipinski definition) is 1. The van der Waals surface area contributed by atoms with Gasteiger partial charge in [-0.1, -0.05) is 37.0 Å². The van der Waals surface area contributed by atoms with Crippen LogP contribution in [-0.4, -0.2) is 11.9 Å². The number of rotatable bonds is 4. The highest BCUT2D eigenvalue weighted by molar-refractivity contribution is 5.96. The molecule has 2 nitrogen and oxygen atoms in total. The van der Waals surface area contributed by atoms with Crippen molar-refractivity contribution in [2.24, 2.45) is 0 Å². The average molecular weight is 229 g/mol. The Hall–Kier alpha value is -1.75. The number of benzene rings is 1. The normalized spacial score (nSPS) is 11.6. The molecule has 1 atom stereocenters. The molecular weight excluding hydrogens is 210 g/mol. The van der Waals surface area contributed by atoms with Crippen LogP contribution in [0.25, 0.3) is 0 Å². The van der Waals surface area contributed by atoms with E-state index in [0.29, 0.717) is 5.56 Å². The van der Waals surface area contributed by atoms with Crippen LogP contribution in [0.5, 0.6) is 0 Å².